The van der Waals surface area contributed by atoms with Crippen LogP contribution in [0.5, 0.6) is 0 Å². The molecule has 7 rings (SSSR count). The van der Waals surface area contributed by atoms with E-state index in [2.05, 4.69) is 36.4 Å². The first kappa shape index (κ1) is 39.0. The van der Waals surface area contributed by atoms with Crippen molar-refractivity contribution < 1.29 is 4.74 Å². The number of morpholine rings is 1. The molecule has 1 aliphatic carbocycles. The number of aromatic amines is 2. The molecule has 2 aromatic heterocycles. The number of rotatable bonds is 0. The summed E-state index contributed by atoms with van der Waals surface area (Å²) >= 11 is 2.03. The minimum atomic E-state index is -0.164. The lowest BCUT2D eigenvalue weighted by molar-refractivity contribution is 0.109. The van der Waals surface area contributed by atoms with Gasteiger partial charge in [-0.1, -0.05) is 51.0 Å². The summed E-state index contributed by atoms with van der Waals surface area (Å²) in [7, 11) is 0. The highest BCUT2D eigenvalue weighted by Crippen LogP contribution is 2.15. The molecule has 0 aromatic carbocycles. The average Bonchev–Trinajstić information content (AvgIpc) is 3.71. The van der Waals surface area contributed by atoms with Crippen molar-refractivity contribution in [2.24, 2.45) is 0 Å². The minimum absolute atomic E-state index is 0.0532. The van der Waals surface area contributed by atoms with Crippen molar-refractivity contribution >= 4 is 11.8 Å². The maximum atomic E-state index is 10.2. The number of aromatic nitrogens is 3. The van der Waals surface area contributed by atoms with Crippen molar-refractivity contribution in [2.45, 2.75) is 70.6 Å². The summed E-state index contributed by atoms with van der Waals surface area (Å²) in [4.78, 5) is 22.8. The standard InChI is InChI=1S/C6H12.C5H5NO.C5H11N.C4H4N2O.C4H9NO.C4H9NS.C4H9N/c1-2-4-6-5-3-1;7-5-3-1-2-4-6-5;1-2-4-6-5-3-1;7-4-2-1-3-5-6-4;2*1-3-6-4-2-5-1;1-2-4-5-3-1/h1-6H2;1-4H,(H,6,7);6H,1-5H2;1-3H,(H,6,7);2*5H,1-4H2;5H,1-4H2. The van der Waals surface area contributed by atoms with E-state index in [-0.39, 0.29) is 11.1 Å². The molecular weight excluding hydrogens is 562 g/mol. The van der Waals surface area contributed by atoms with E-state index in [0.717, 1.165) is 26.3 Å². The van der Waals surface area contributed by atoms with Crippen LogP contribution in [-0.2, 0) is 4.74 Å². The van der Waals surface area contributed by atoms with Gasteiger partial charge in [0.25, 0.3) is 5.56 Å². The van der Waals surface area contributed by atoms with Gasteiger partial charge in [-0.25, -0.2) is 5.10 Å². The van der Waals surface area contributed by atoms with Crippen LogP contribution in [0, 0.1) is 0 Å². The largest absolute Gasteiger partial charge is 0.379 e. The number of thioether (sulfide) groups is 1. The van der Waals surface area contributed by atoms with Gasteiger partial charge in [-0.2, -0.15) is 16.9 Å². The molecule has 4 saturated heterocycles. The van der Waals surface area contributed by atoms with Crippen LogP contribution in [-0.4, -0.2) is 92.3 Å². The molecule has 4 aliphatic heterocycles. The van der Waals surface area contributed by atoms with Crippen LogP contribution in [0.4, 0.5) is 0 Å². The Kier molecular flexibility index (Phi) is 29.8. The number of piperidine rings is 1. The van der Waals surface area contributed by atoms with Gasteiger partial charge in [0, 0.05) is 62.2 Å². The van der Waals surface area contributed by atoms with E-state index in [9.17, 15) is 9.59 Å². The molecule has 0 spiro atoms. The van der Waals surface area contributed by atoms with Crippen LogP contribution in [0.15, 0.2) is 52.3 Å². The lowest BCUT2D eigenvalue weighted by Crippen LogP contribution is -2.30. The lowest BCUT2D eigenvalue weighted by Gasteiger charge is -2.10. The van der Waals surface area contributed by atoms with E-state index in [1.807, 2.05) is 11.8 Å². The average molecular weight is 622 g/mol. The third kappa shape index (κ3) is 31.2. The Morgan fingerprint density at radius 2 is 1.05 bits per heavy atom. The topological polar surface area (TPSA) is 136 Å². The quantitative estimate of drug-likeness (QED) is 0.261. The highest BCUT2D eigenvalue weighted by Gasteiger charge is 1.96. The second-order valence-corrected chi connectivity index (χ2v) is 11.7. The van der Waals surface area contributed by atoms with Gasteiger partial charge in [0.2, 0.25) is 5.56 Å². The fraction of sp³-hybridized carbons (Fsp3) is 0.719. The van der Waals surface area contributed by atoms with E-state index >= 15 is 0 Å². The molecule has 0 bridgehead atoms. The molecule has 5 aliphatic rings. The SMILES string of the molecule is C1CCCCC1.C1CCNC1.C1CCNCC1.C1COCCN1.C1CSCCN1.O=c1cccc[nH]1.O=c1cccn[nH]1. The molecular formula is C32H59N7O3S. The smallest absolute Gasteiger partial charge is 0.264 e. The van der Waals surface area contributed by atoms with E-state index in [0.29, 0.717) is 0 Å². The zero-order chi connectivity index (χ0) is 30.7. The Labute approximate surface area is 263 Å². The fourth-order valence-corrected chi connectivity index (χ4v) is 4.99. The van der Waals surface area contributed by atoms with Crippen LogP contribution in [0.25, 0.3) is 0 Å². The van der Waals surface area contributed by atoms with E-state index in [1.54, 1.807) is 24.4 Å². The highest BCUT2D eigenvalue weighted by atomic mass is 32.2. The lowest BCUT2D eigenvalue weighted by atomic mass is 10.0. The number of H-pyrrole nitrogens is 2. The molecule has 10 nitrogen and oxygen atoms in total. The molecule has 246 valence electrons. The van der Waals surface area contributed by atoms with Gasteiger partial charge in [0.05, 0.1) is 13.2 Å². The Bertz CT molecular complexity index is 730. The van der Waals surface area contributed by atoms with Crippen LogP contribution >= 0.6 is 11.8 Å². The van der Waals surface area contributed by atoms with Gasteiger partial charge in [-0.15, -0.1) is 0 Å². The molecule has 1 saturated carbocycles. The highest BCUT2D eigenvalue weighted by molar-refractivity contribution is 7.99. The van der Waals surface area contributed by atoms with Crippen molar-refractivity contribution in [1.29, 1.82) is 0 Å². The minimum Gasteiger partial charge on any atom is -0.379 e. The Balaban J connectivity index is 0.000000251. The summed E-state index contributed by atoms with van der Waals surface area (Å²) in [5, 5.41) is 18.6. The summed E-state index contributed by atoms with van der Waals surface area (Å²) in [6, 6.07) is 7.92. The molecule has 6 N–H and O–H groups in total. The van der Waals surface area contributed by atoms with Crippen molar-refractivity contribution in [2.75, 3.05) is 77.1 Å². The zero-order valence-corrected chi connectivity index (χ0v) is 27.2. The third-order valence-corrected chi connectivity index (χ3v) is 7.61. The van der Waals surface area contributed by atoms with Crippen LogP contribution in [0.2, 0.25) is 0 Å². The van der Waals surface area contributed by atoms with Crippen molar-refractivity contribution in [3.8, 4) is 0 Å². The summed E-state index contributed by atoms with van der Waals surface area (Å²) in [5.74, 6) is 2.61. The van der Waals surface area contributed by atoms with Crippen LogP contribution < -0.4 is 32.4 Å². The van der Waals surface area contributed by atoms with Gasteiger partial charge >= 0.3 is 0 Å². The number of hydrogen-bond acceptors (Lipinski definition) is 9. The van der Waals surface area contributed by atoms with Gasteiger partial charge < -0.3 is 31.0 Å². The van der Waals surface area contributed by atoms with Crippen LogP contribution in [0.1, 0.15) is 70.6 Å². The number of pyridine rings is 1. The molecule has 43 heavy (non-hydrogen) atoms. The summed E-state index contributed by atoms with van der Waals surface area (Å²) in [6.45, 7) is 11.3. The third-order valence-electron chi connectivity index (χ3n) is 6.62. The predicted molar refractivity (Wildman–Crippen MR) is 182 cm³/mol. The predicted octanol–water partition coefficient (Wildman–Crippen LogP) is 3.54. The molecule has 0 radical (unpaired) electrons. The molecule has 11 heteroatoms. The normalized spacial score (nSPS) is 19.0. The zero-order valence-electron chi connectivity index (χ0n) is 26.4. The van der Waals surface area contributed by atoms with E-state index in [1.165, 1.54) is 140 Å². The monoisotopic (exact) mass is 621 g/mol. The van der Waals surface area contributed by atoms with Gasteiger partial charge in [-0.05, 0) is 64.0 Å². The second-order valence-electron chi connectivity index (χ2n) is 10.5. The Morgan fingerprint density at radius 3 is 1.26 bits per heavy atom. The van der Waals surface area contributed by atoms with Crippen LogP contribution in [0.3, 0.4) is 0 Å². The van der Waals surface area contributed by atoms with Crippen molar-refractivity contribution in [3.05, 3.63) is 63.4 Å². The summed E-state index contributed by atoms with van der Waals surface area (Å²) in [6.07, 6.45) is 19.1. The van der Waals surface area contributed by atoms with E-state index in [4.69, 9.17) is 4.74 Å². The molecule has 0 unspecified atom stereocenters. The summed E-state index contributed by atoms with van der Waals surface area (Å²) < 4.78 is 5.01. The number of nitrogens with zero attached hydrogens (tertiary/aromatic N) is 1. The maximum absolute atomic E-state index is 10.2. The fourth-order valence-electron chi connectivity index (χ4n) is 4.21. The summed E-state index contributed by atoms with van der Waals surface area (Å²) in [5.41, 5.74) is -0.218. The first-order valence-corrected chi connectivity index (χ1v) is 17.6. The van der Waals surface area contributed by atoms with E-state index < -0.39 is 0 Å². The molecule has 0 atom stereocenters. The molecule has 5 fully saturated rings. The van der Waals surface area contributed by atoms with Gasteiger partial charge in [0.15, 0.2) is 0 Å². The maximum Gasteiger partial charge on any atom is 0.264 e. The first-order valence-electron chi connectivity index (χ1n) is 16.4. The molecule has 6 heterocycles. The number of ether oxygens (including phenoxy) is 1. The van der Waals surface area contributed by atoms with Gasteiger partial charge in [0.1, 0.15) is 0 Å². The van der Waals surface area contributed by atoms with Crippen molar-refractivity contribution in [3.63, 3.8) is 0 Å². The molecule has 0 amide bonds. The Hall–Kier alpha value is -2.02. The second kappa shape index (κ2) is 32.9. The van der Waals surface area contributed by atoms with Crippen molar-refractivity contribution in [1.82, 2.24) is 36.4 Å². The number of hydrogen-bond donors (Lipinski definition) is 6. The number of nitrogens with one attached hydrogen (secondary N) is 6. The van der Waals surface area contributed by atoms with Gasteiger partial charge in [-0.3, -0.25) is 9.59 Å². The molecule has 2 aromatic rings. The Morgan fingerprint density at radius 1 is 0.558 bits per heavy atom. The first-order chi connectivity index (χ1) is 21.3.